The van der Waals surface area contributed by atoms with Crippen LogP contribution in [0.3, 0.4) is 0 Å². The van der Waals surface area contributed by atoms with Crippen molar-refractivity contribution >= 4 is 34.1 Å². The molecule has 18 heavy (non-hydrogen) atoms. The minimum Gasteiger partial charge on any atom is -0.330 e. The summed E-state index contributed by atoms with van der Waals surface area (Å²) in [6, 6.07) is 10.1. The maximum Gasteiger partial charge on any atom is 0.200 e. The van der Waals surface area contributed by atoms with Gasteiger partial charge in [-0.3, -0.25) is 4.79 Å². The van der Waals surface area contributed by atoms with E-state index in [1.807, 2.05) is 61.7 Å². The molecule has 0 saturated carbocycles. The molecule has 0 saturated heterocycles. The summed E-state index contributed by atoms with van der Waals surface area (Å²) < 4.78 is 0.803. The van der Waals surface area contributed by atoms with Crippen LogP contribution in [0.2, 0.25) is 0 Å². The second-order valence-corrected chi connectivity index (χ2v) is 5.65. The van der Waals surface area contributed by atoms with E-state index in [1.54, 1.807) is 0 Å². The molecule has 0 radical (unpaired) electrons. The number of carbonyl (C=O) groups excluding carboxylic acids is 1. The number of nitrogens with zero attached hydrogens (tertiary/aromatic N) is 1. The summed E-state index contributed by atoms with van der Waals surface area (Å²) in [5, 5.41) is 0. The molecular weight excluding hydrogens is 337 g/mol. The molecule has 1 aromatic carbocycles. The number of ketones is 1. The molecule has 0 amide bonds. The van der Waals surface area contributed by atoms with Crippen LogP contribution in [-0.2, 0) is 4.79 Å². The number of hydrogen-bond acceptors (Lipinski definition) is 2. The highest BCUT2D eigenvalue weighted by molar-refractivity contribution is 14.1. The fourth-order valence-corrected chi connectivity index (χ4v) is 3.52. The van der Waals surface area contributed by atoms with Gasteiger partial charge in [0.15, 0.2) is 0 Å². The van der Waals surface area contributed by atoms with Gasteiger partial charge in [-0.15, -0.1) is 0 Å². The van der Waals surface area contributed by atoms with Crippen molar-refractivity contribution in [1.82, 2.24) is 4.90 Å². The van der Waals surface area contributed by atoms with Crippen LogP contribution in [0.5, 0.6) is 0 Å². The number of benzene rings is 1. The van der Waals surface area contributed by atoms with E-state index < -0.39 is 5.54 Å². The van der Waals surface area contributed by atoms with Gasteiger partial charge in [0, 0.05) is 6.20 Å². The molecule has 0 N–H and O–H groups in total. The molecule has 0 bridgehead atoms. The van der Waals surface area contributed by atoms with E-state index in [4.69, 9.17) is 0 Å². The van der Waals surface area contributed by atoms with E-state index in [2.05, 4.69) is 27.5 Å². The fourth-order valence-electron chi connectivity index (χ4n) is 2.40. The van der Waals surface area contributed by atoms with E-state index >= 15 is 0 Å². The molecule has 2 aliphatic rings. The highest BCUT2D eigenvalue weighted by atomic mass is 127. The number of Topliss-reactive ketones (excluding diaryl/α,β-unsaturated/α-hetero) is 1. The largest absolute Gasteiger partial charge is 0.330 e. The molecule has 1 unspecified atom stereocenters. The Kier molecular flexibility index (Phi) is 2.66. The topological polar surface area (TPSA) is 20.3 Å². The van der Waals surface area contributed by atoms with E-state index in [0.29, 0.717) is 0 Å². The fraction of sp³-hybridized carbons (Fsp3) is 0.133. The molecule has 0 aliphatic carbocycles. The van der Waals surface area contributed by atoms with Crippen molar-refractivity contribution in [2.24, 2.45) is 0 Å². The molecule has 1 aromatic rings. The first-order valence-corrected chi connectivity index (χ1v) is 6.88. The average molecular weight is 349 g/mol. The third kappa shape index (κ3) is 1.50. The lowest BCUT2D eigenvalue weighted by Crippen LogP contribution is -2.42. The Hall–Kier alpha value is -1.36. The minimum atomic E-state index is -0.559. The van der Waals surface area contributed by atoms with Gasteiger partial charge in [0.25, 0.3) is 0 Å². The first kappa shape index (κ1) is 11.7. The molecule has 3 heteroatoms. The van der Waals surface area contributed by atoms with E-state index in [-0.39, 0.29) is 5.78 Å². The number of carbonyl (C=O) groups is 1. The Morgan fingerprint density at radius 3 is 2.61 bits per heavy atom. The predicted molar refractivity (Wildman–Crippen MR) is 80.9 cm³/mol. The first-order valence-electron chi connectivity index (χ1n) is 5.80. The highest BCUT2D eigenvalue weighted by Gasteiger charge is 2.46. The van der Waals surface area contributed by atoms with Crippen molar-refractivity contribution in [1.29, 1.82) is 0 Å². The maximum atomic E-state index is 12.5. The Morgan fingerprint density at radius 2 is 1.89 bits per heavy atom. The summed E-state index contributed by atoms with van der Waals surface area (Å²) in [6.07, 6.45) is 7.84. The van der Waals surface area contributed by atoms with Crippen LogP contribution in [0, 0.1) is 0 Å². The zero-order valence-electron chi connectivity index (χ0n) is 9.93. The second-order valence-electron chi connectivity index (χ2n) is 4.58. The smallest absolute Gasteiger partial charge is 0.200 e. The Balaban J connectivity index is 2.18. The van der Waals surface area contributed by atoms with Gasteiger partial charge in [0.05, 0.1) is 9.28 Å². The number of fused-ring (bicyclic) bond motifs is 1. The maximum absolute atomic E-state index is 12.5. The zero-order valence-corrected chi connectivity index (χ0v) is 12.1. The van der Waals surface area contributed by atoms with Gasteiger partial charge in [0.1, 0.15) is 5.54 Å². The molecule has 0 spiro atoms. The van der Waals surface area contributed by atoms with Crippen LogP contribution in [0.1, 0.15) is 12.5 Å². The number of halogens is 1. The molecule has 3 rings (SSSR count). The van der Waals surface area contributed by atoms with Gasteiger partial charge >= 0.3 is 0 Å². The lowest BCUT2D eigenvalue weighted by Gasteiger charge is -2.34. The van der Waals surface area contributed by atoms with Gasteiger partial charge < -0.3 is 4.90 Å². The van der Waals surface area contributed by atoms with Gasteiger partial charge in [-0.1, -0.05) is 42.5 Å². The van der Waals surface area contributed by atoms with E-state index in [0.717, 1.165) is 14.8 Å². The normalized spacial score (nSPS) is 25.9. The standard InChI is InChI=1S/C15H12INO/c1-15-9-5-6-10-17(15)13(12(16)14(15)18)11-7-3-2-4-8-11/h2-10H,1H3. The second kappa shape index (κ2) is 4.09. The van der Waals surface area contributed by atoms with Crippen LogP contribution < -0.4 is 0 Å². The van der Waals surface area contributed by atoms with Crippen molar-refractivity contribution < 1.29 is 4.79 Å². The quantitative estimate of drug-likeness (QED) is 0.723. The van der Waals surface area contributed by atoms with Gasteiger partial charge in [0.2, 0.25) is 5.78 Å². The SMILES string of the molecule is CC12C=CC=CN1C(c1ccccc1)=C(I)C2=O. The zero-order chi connectivity index (χ0) is 12.8. The molecule has 1 atom stereocenters. The van der Waals surface area contributed by atoms with Crippen molar-refractivity contribution in [2.75, 3.05) is 0 Å². The minimum absolute atomic E-state index is 0.169. The number of rotatable bonds is 1. The van der Waals surface area contributed by atoms with Gasteiger partial charge in [-0.2, -0.15) is 0 Å². The van der Waals surface area contributed by atoms with Crippen molar-refractivity contribution in [3.63, 3.8) is 0 Å². The Labute approximate surface area is 120 Å². The molecule has 2 nitrogen and oxygen atoms in total. The molecule has 0 fully saturated rings. The predicted octanol–water partition coefficient (Wildman–Crippen LogP) is 3.52. The van der Waals surface area contributed by atoms with Crippen LogP contribution in [0.15, 0.2) is 58.3 Å². The third-order valence-corrected chi connectivity index (χ3v) is 4.42. The van der Waals surface area contributed by atoms with Gasteiger partial charge in [-0.25, -0.2) is 0 Å². The average Bonchev–Trinajstić information content (AvgIpc) is 2.60. The van der Waals surface area contributed by atoms with Crippen LogP contribution in [0.25, 0.3) is 5.70 Å². The Morgan fingerprint density at radius 1 is 1.17 bits per heavy atom. The van der Waals surface area contributed by atoms with Crippen LogP contribution in [0.4, 0.5) is 0 Å². The van der Waals surface area contributed by atoms with Crippen molar-refractivity contribution in [3.05, 3.63) is 63.9 Å². The molecule has 90 valence electrons. The summed E-state index contributed by atoms with van der Waals surface area (Å²) in [5.41, 5.74) is 1.53. The van der Waals surface area contributed by atoms with E-state index in [9.17, 15) is 4.79 Å². The van der Waals surface area contributed by atoms with Crippen molar-refractivity contribution in [2.45, 2.75) is 12.5 Å². The van der Waals surface area contributed by atoms with Crippen LogP contribution in [-0.4, -0.2) is 16.2 Å². The van der Waals surface area contributed by atoms with Crippen molar-refractivity contribution in [3.8, 4) is 0 Å². The summed E-state index contributed by atoms with van der Waals surface area (Å²) in [4.78, 5) is 14.5. The molecular formula is C15H12INO. The van der Waals surface area contributed by atoms with E-state index in [1.165, 1.54) is 0 Å². The number of hydrogen-bond donors (Lipinski definition) is 0. The molecule has 2 heterocycles. The molecule has 0 aromatic heterocycles. The highest BCUT2D eigenvalue weighted by Crippen LogP contribution is 2.44. The molecule has 2 aliphatic heterocycles. The first-order chi connectivity index (χ1) is 8.64. The van der Waals surface area contributed by atoms with Gasteiger partial charge in [-0.05, 0) is 41.2 Å². The lowest BCUT2D eigenvalue weighted by molar-refractivity contribution is -0.119. The monoisotopic (exact) mass is 349 g/mol. The summed E-state index contributed by atoms with van der Waals surface area (Å²) in [6.45, 7) is 1.96. The summed E-state index contributed by atoms with van der Waals surface area (Å²) in [5.74, 6) is 0.169. The van der Waals surface area contributed by atoms with Crippen LogP contribution >= 0.6 is 22.6 Å². The third-order valence-electron chi connectivity index (χ3n) is 3.42. The Bertz CT molecular complexity index is 600. The summed E-state index contributed by atoms with van der Waals surface area (Å²) >= 11 is 2.16. The lowest BCUT2D eigenvalue weighted by atomic mass is 9.95. The summed E-state index contributed by atoms with van der Waals surface area (Å²) in [7, 11) is 0. The number of allylic oxidation sites excluding steroid dienone is 2.